The van der Waals surface area contributed by atoms with Crippen LogP contribution in [0.25, 0.3) is 11.8 Å². The summed E-state index contributed by atoms with van der Waals surface area (Å²) in [5.41, 5.74) is 3.21. The first kappa shape index (κ1) is 21.9. The van der Waals surface area contributed by atoms with Crippen LogP contribution in [-0.4, -0.2) is 15.8 Å². The number of hydrogen-bond donors (Lipinski definition) is 0. The zero-order valence-corrected chi connectivity index (χ0v) is 18.0. The molecule has 0 aliphatic carbocycles. The van der Waals surface area contributed by atoms with E-state index in [4.69, 9.17) is 11.6 Å². The maximum absolute atomic E-state index is 13.4. The fourth-order valence-electron chi connectivity index (χ4n) is 3.46. The van der Waals surface area contributed by atoms with Crippen LogP contribution in [0.4, 0.5) is 17.1 Å². The third kappa shape index (κ3) is 4.37. The Kier molecular flexibility index (Phi) is 5.76. The van der Waals surface area contributed by atoms with Crippen LogP contribution in [0.15, 0.2) is 78.4 Å². The first-order chi connectivity index (χ1) is 15.7. The third-order valence-corrected chi connectivity index (χ3v) is 5.46. The van der Waals surface area contributed by atoms with Gasteiger partial charge in [0.15, 0.2) is 0 Å². The van der Waals surface area contributed by atoms with E-state index in [1.807, 2.05) is 31.2 Å². The van der Waals surface area contributed by atoms with Crippen molar-refractivity contribution in [2.24, 2.45) is 0 Å². The monoisotopic (exact) mass is 461 g/mol. The molecule has 164 valence electrons. The van der Waals surface area contributed by atoms with Gasteiger partial charge in [-0.05, 0) is 54.5 Å². The minimum Gasteiger partial charge on any atom is -0.276 e. The molecular weight excluding hydrogens is 446 g/mol. The lowest BCUT2D eigenvalue weighted by molar-refractivity contribution is -0.385. The molecule has 1 amide bonds. The highest BCUT2D eigenvalue weighted by molar-refractivity contribution is 6.33. The lowest BCUT2D eigenvalue weighted by atomic mass is 10.1. The Morgan fingerprint density at radius 2 is 1.58 bits per heavy atom. The predicted octanol–water partition coefficient (Wildman–Crippen LogP) is 5.94. The van der Waals surface area contributed by atoms with E-state index in [0.717, 1.165) is 11.1 Å². The summed E-state index contributed by atoms with van der Waals surface area (Å²) in [4.78, 5) is 36.0. The highest BCUT2D eigenvalue weighted by atomic mass is 35.5. The van der Waals surface area contributed by atoms with Gasteiger partial charge in [0.25, 0.3) is 17.3 Å². The van der Waals surface area contributed by atoms with Crippen molar-refractivity contribution in [1.82, 2.24) is 0 Å². The molecule has 0 bridgehead atoms. The summed E-state index contributed by atoms with van der Waals surface area (Å²) >= 11 is 5.96. The summed E-state index contributed by atoms with van der Waals surface area (Å²) in [6.45, 7) is 1.94. The van der Waals surface area contributed by atoms with Crippen molar-refractivity contribution >= 4 is 46.3 Å². The molecule has 0 fully saturated rings. The van der Waals surface area contributed by atoms with Crippen LogP contribution in [0.2, 0.25) is 5.02 Å². The number of nitro benzene ring substituents is 2. The van der Waals surface area contributed by atoms with E-state index in [0.29, 0.717) is 22.5 Å². The van der Waals surface area contributed by atoms with E-state index in [2.05, 4.69) is 0 Å². The molecule has 0 aromatic heterocycles. The van der Waals surface area contributed by atoms with Crippen LogP contribution in [0, 0.1) is 27.2 Å². The number of benzene rings is 3. The van der Waals surface area contributed by atoms with Crippen molar-refractivity contribution in [2.45, 2.75) is 6.92 Å². The molecule has 0 atom stereocenters. The topological polar surface area (TPSA) is 107 Å². The van der Waals surface area contributed by atoms with Gasteiger partial charge in [0, 0.05) is 23.8 Å². The van der Waals surface area contributed by atoms with Crippen LogP contribution < -0.4 is 4.90 Å². The molecule has 1 aliphatic heterocycles. The van der Waals surface area contributed by atoms with E-state index in [1.54, 1.807) is 30.4 Å². The third-order valence-electron chi connectivity index (χ3n) is 5.14. The zero-order chi connectivity index (χ0) is 23.7. The highest BCUT2D eigenvalue weighted by Gasteiger charge is 2.31. The van der Waals surface area contributed by atoms with Gasteiger partial charge < -0.3 is 0 Å². The van der Waals surface area contributed by atoms with Gasteiger partial charge in [-0.15, -0.1) is 0 Å². The summed E-state index contributed by atoms with van der Waals surface area (Å²) in [5, 5.41) is 22.2. The molecule has 0 saturated heterocycles. The molecule has 0 unspecified atom stereocenters. The number of non-ortho nitro benzene ring substituents is 1. The second kappa shape index (κ2) is 8.68. The van der Waals surface area contributed by atoms with Crippen molar-refractivity contribution in [2.75, 3.05) is 4.90 Å². The molecule has 0 radical (unpaired) electrons. The Morgan fingerprint density at radius 1 is 0.909 bits per heavy atom. The zero-order valence-electron chi connectivity index (χ0n) is 17.3. The Hall–Kier alpha value is -4.30. The summed E-state index contributed by atoms with van der Waals surface area (Å²) < 4.78 is 0. The van der Waals surface area contributed by atoms with Crippen LogP contribution in [0.3, 0.4) is 0 Å². The minimum atomic E-state index is -0.602. The van der Waals surface area contributed by atoms with Gasteiger partial charge in [-0.2, -0.15) is 0 Å². The largest absolute Gasteiger partial charge is 0.289 e. The Bertz CT molecular complexity index is 1350. The Labute approximate surface area is 193 Å². The number of nitro groups is 2. The Balaban J connectivity index is 1.82. The van der Waals surface area contributed by atoms with Crippen LogP contribution in [0.5, 0.6) is 0 Å². The van der Waals surface area contributed by atoms with Crippen LogP contribution in [-0.2, 0) is 4.79 Å². The normalized spacial score (nSPS) is 14.5. The van der Waals surface area contributed by atoms with Crippen molar-refractivity contribution < 1.29 is 14.6 Å². The van der Waals surface area contributed by atoms with E-state index >= 15 is 0 Å². The number of anilines is 1. The molecule has 0 saturated carbocycles. The first-order valence-corrected chi connectivity index (χ1v) is 10.2. The lowest BCUT2D eigenvalue weighted by Gasteiger charge is -2.21. The number of carbonyl (C=O) groups excluding carboxylic acids is 1. The van der Waals surface area contributed by atoms with Gasteiger partial charge in [0.2, 0.25) is 0 Å². The van der Waals surface area contributed by atoms with E-state index in [9.17, 15) is 25.0 Å². The maximum Gasteiger partial charge on any atom is 0.289 e. The van der Waals surface area contributed by atoms with E-state index in [1.165, 1.54) is 29.2 Å². The minimum absolute atomic E-state index is 0.0297. The molecule has 1 aliphatic rings. The molecule has 3 aromatic carbocycles. The van der Waals surface area contributed by atoms with Crippen molar-refractivity contribution in [1.29, 1.82) is 0 Å². The molecule has 3 aromatic rings. The smallest absolute Gasteiger partial charge is 0.276 e. The highest BCUT2D eigenvalue weighted by Crippen LogP contribution is 2.38. The van der Waals surface area contributed by atoms with Crippen LogP contribution in [0.1, 0.15) is 16.7 Å². The molecule has 1 heterocycles. The van der Waals surface area contributed by atoms with Gasteiger partial charge in [-0.3, -0.25) is 29.9 Å². The predicted molar refractivity (Wildman–Crippen MR) is 126 cm³/mol. The SMILES string of the molecule is Cc1ccc(C2=C/C(=C\c3ccc([N+](=O)[O-])cc3)C(=O)N2c2ccc(Cl)c([N+](=O)[O-])c2)cc1. The van der Waals surface area contributed by atoms with Crippen molar-refractivity contribution in [3.05, 3.63) is 120 Å². The quantitative estimate of drug-likeness (QED) is 0.265. The number of nitrogens with zero attached hydrogens (tertiary/aromatic N) is 3. The Morgan fingerprint density at radius 3 is 2.18 bits per heavy atom. The number of aryl methyl sites for hydroxylation is 1. The number of rotatable bonds is 5. The summed E-state index contributed by atoms with van der Waals surface area (Å²) in [7, 11) is 0. The molecule has 9 heteroatoms. The first-order valence-electron chi connectivity index (χ1n) is 9.78. The number of hydrogen-bond acceptors (Lipinski definition) is 5. The number of amides is 1. The fraction of sp³-hybridized carbons (Fsp3) is 0.0417. The van der Waals surface area contributed by atoms with E-state index in [-0.39, 0.29) is 22.3 Å². The van der Waals surface area contributed by atoms with E-state index < -0.39 is 9.85 Å². The fourth-order valence-corrected chi connectivity index (χ4v) is 3.65. The lowest BCUT2D eigenvalue weighted by Crippen LogP contribution is -2.25. The second-order valence-electron chi connectivity index (χ2n) is 7.38. The molecular formula is C24H16ClN3O5. The van der Waals surface area contributed by atoms with Gasteiger partial charge in [0.05, 0.1) is 21.2 Å². The molecule has 0 spiro atoms. The average Bonchev–Trinajstić information content (AvgIpc) is 3.10. The van der Waals surface area contributed by atoms with Gasteiger partial charge in [-0.25, -0.2) is 0 Å². The summed E-state index contributed by atoms with van der Waals surface area (Å²) in [6.07, 6.45) is 3.30. The molecule has 33 heavy (non-hydrogen) atoms. The van der Waals surface area contributed by atoms with Gasteiger partial charge in [0.1, 0.15) is 5.02 Å². The number of halogens is 1. The van der Waals surface area contributed by atoms with Gasteiger partial charge in [-0.1, -0.05) is 41.4 Å². The van der Waals surface area contributed by atoms with Crippen LogP contribution >= 0.6 is 11.6 Å². The summed E-state index contributed by atoms with van der Waals surface area (Å²) in [6, 6.07) is 17.5. The van der Waals surface area contributed by atoms with Gasteiger partial charge >= 0.3 is 0 Å². The molecule has 8 nitrogen and oxygen atoms in total. The maximum atomic E-state index is 13.4. The molecule has 4 rings (SSSR count). The second-order valence-corrected chi connectivity index (χ2v) is 7.78. The van der Waals surface area contributed by atoms with Crippen molar-refractivity contribution in [3.8, 4) is 0 Å². The standard InChI is InChI=1S/C24H16ClN3O5/c1-15-2-6-17(7-3-15)22-13-18(12-16-4-8-19(9-5-16)27(30)31)24(29)26(22)20-10-11-21(25)23(14-20)28(32)33/h2-14H,1H3/b18-12+. The number of carbonyl (C=O) groups is 1. The average molecular weight is 462 g/mol. The molecule has 0 N–H and O–H groups in total. The summed E-state index contributed by atoms with van der Waals surface area (Å²) in [5.74, 6) is -0.388. The van der Waals surface area contributed by atoms with Crippen molar-refractivity contribution in [3.63, 3.8) is 0 Å².